The Hall–Kier alpha value is -1.94. The fraction of sp³-hybridized carbons (Fsp3) is 0.947. The highest BCUT2D eigenvalue weighted by Crippen LogP contribution is 2.45. The molecule has 0 bridgehead atoms. The van der Waals surface area contributed by atoms with Gasteiger partial charge in [0.1, 0.15) is 19.3 Å². The van der Waals surface area contributed by atoms with Gasteiger partial charge in [-0.15, -0.1) is 0 Å². The van der Waals surface area contributed by atoms with Crippen molar-refractivity contribution < 1.29 is 80.2 Å². The number of aliphatic hydroxyl groups excluding tert-OH is 1. The lowest BCUT2D eigenvalue weighted by Gasteiger charge is -2.21. The Morgan fingerprint density at radius 1 is 0.287 bits per heavy atom. The van der Waals surface area contributed by atoms with E-state index in [-0.39, 0.29) is 25.7 Å². The Kier molecular flexibility index (Phi) is 66.8. The van der Waals surface area contributed by atoms with Gasteiger partial charge in [0.25, 0.3) is 0 Å². The van der Waals surface area contributed by atoms with Crippen molar-refractivity contribution in [1.29, 1.82) is 0 Å². The van der Waals surface area contributed by atoms with Gasteiger partial charge in [-0.2, -0.15) is 0 Å². The van der Waals surface area contributed by atoms with E-state index in [2.05, 4.69) is 34.6 Å². The molecule has 0 aromatic rings. The van der Waals surface area contributed by atoms with Crippen LogP contribution in [0.1, 0.15) is 394 Å². The Morgan fingerprint density at radius 3 is 0.723 bits per heavy atom. The number of ether oxygens (including phenoxy) is 4. The van der Waals surface area contributed by atoms with Gasteiger partial charge in [-0.05, 0) is 31.6 Å². The first-order valence-electron chi connectivity index (χ1n) is 39.1. The normalized spacial score (nSPS) is 14.0. The Morgan fingerprint density at radius 2 is 0.489 bits per heavy atom. The largest absolute Gasteiger partial charge is 0.472 e. The summed E-state index contributed by atoms with van der Waals surface area (Å²) < 4.78 is 68.4. The number of carbonyl (C=O) groups is 4. The summed E-state index contributed by atoms with van der Waals surface area (Å²) in [5.41, 5.74) is 0. The zero-order valence-electron chi connectivity index (χ0n) is 61.1. The third-order valence-corrected chi connectivity index (χ3v) is 19.4. The van der Waals surface area contributed by atoms with Crippen molar-refractivity contribution >= 4 is 39.5 Å². The van der Waals surface area contributed by atoms with Crippen LogP contribution < -0.4 is 0 Å². The summed E-state index contributed by atoms with van der Waals surface area (Å²) in [6.07, 6.45) is 57.0. The quantitative estimate of drug-likeness (QED) is 0.0222. The summed E-state index contributed by atoms with van der Waals surface area (Å²) in [6, 6.07) is 0. The van der Waals surface area contributed by atoms with E-state index in [9.17, 15) is 43.2 Å². The van der Waals surface area contributed by atoms with Gasteiger partial charge in [-0.3, -0.25) is 37.3 Å². The molecule has 0 heterocycles. The number of hydrogen-bond donors (Lipinski definition) is 3. The SMILES string of the molecule is CCCCCCCCCCCCCCCCCCCCC(=O)O[C@H](COC(=O)CCCCCCCCCCCCCCCCCC)COP(=O)(O)OC[C@@H](O)COP(=O)(O)OC[C@@H](COC(=O)CCCCCCCCCC)OC(=O)CCCCCCCCCCCC(C)C. The number of esters is 4. The molecular formula is C75H146O17P2. The molecule has 17 nitrogen and oxygen atoms in total. The van der Waals surface area contributed by atoms with Crippen LogP contribution in [0, 0.1) is 5.92 Å². The predicted molar refractivity (Wildman–Crippen MR) is 382 cm³/mol. The van der Waals surface area contributed by atoms with E-state index < -0.39 is 97.5 Å². The fourth-order valence-corrected chi connectivity index (χ4v) is 13.1. The molecule has 0 saturated carbocycles. The van der Waals surface area contributed by atoms with Crippen molar-refractivity contribution in [3.63, 3.8) is 0 Å². The molecule has 558 valence electrons. The predicted octanol–water partition coefficient (Wildman–Crippen LogP) is 22.1. The van der Waals surface area contributed by atoms with Crippen molar-refractivity contribution in [3.05, 3.63) is 0 Å². The second kappa shape index (κ2) is 68.2. The molecule has 0 fully saturated rings. The third-order valence-electron chi connectivity index (χ3n) is 17.5. The number of phosphoric ester groups is 2. The van der Waals surface area contributed by atoms with Gasteiger partial charge in [0, 0.05) is 25.7 Å². The van der Waals surface area contributed by atoms with Gasteiger partial charge in [0.05, 0.1) is 26.4 Å². The van der Waals surface area contributed by atoms with Crippen LogP contribution in [-0.4, -0.2) is 96.7 Å². The maximum atomic E-state index is 13.1. The standard InChI is InChI=1S/C75H146O17P2/c1-6-9-12-15-18-21-23-25-27-29-30-32-34-36-40-45-50-55-60-74(79)91-71(65-86-73(78)59-54-49-44-39-35-33-31-28-26-24-22-19-16-13-10-7-2)67-90-94(83,84)88-63-69(76)62-87-93(81,82)89-66-70(64-85-72(77)58-53-48-43-20-17-14-11-8-3)92-75(80)61-56-51-46-41-37-38-42-47-52-57-68(4)5/h68-71,76H,6-67H2,1-5H3,(H,81,82)(H,83,84)/t69-,70+,71+/m0/s1. The summed E-state index contributed by atoms with van der Waals surface area (Å²) in [4.78, 5) is 72.7. The second-order valence-corrected chi connectivity index (χ2v) is 30.4. The number of phosphoric acid groups is 2. The Balaban J connectivity index is 5.21. The first-order valence-corrected chi connectivity index (χ1v) is 42.1. The summed E-state index contributed by atoms with van der Waals surface area (Å²) in [5, 5.41) is 10.6. The number of hydrogen-bond acceptors (Lipinski definition) is 15. The zero-order valence-corrected chi connectivity index (χ0v) is 62.9. The van der Waals surface area contributed by atoms with Crippen molar-refractivity contribution in [2.45, 2.75) is 412 Å². The maximum Gasteiger partial charge on any atom is 0.472 e. The molecular weight excluding hydrogens is 1230 g/mol. The maximum absolute atomic E-state index is 13.1. The third kappa shape index (κ3) is 68.6. The lowest BCUT2D eigenvalue weighted by Crippen LogP contribution is -2.30. The molecule has 5 atom stereocenters. The highest BCUT2D eigenvalue weighted by atomic mass is 31.2. The van der Waals surface area contributed by atoms with Gasteiger partial charge in [-0.1, -0.05) is 343 Å². The molecule has 0 aliphatic rings. The minimum atomic E-state index is -4.96. The minimum absolute atomic E-state index is 0.106. The molecule has 0 saturated heterocycles. The number of rotatable bonds is 75. The minimum Gasteiger partial charge on any atom is -0.462 e. The Bertz CT molecular complexity index is 1810. The molecule has 0 spiro atoms. The van der Waals surface area contributed by atoms with Crippen molar-refractivity contribution in [2.24, 2.45) is 5.92 Å². The summed E-state index contributed by atoms with van der Waals surface area (Å²) in [7, 11) is -9.90. The molecule has 0 aromatic heterocycles. The topological polar surface area (TPSA) is 237 Å². The van der Waals surface area contributed by atoms with Crippen molar-refractivity contribution in [2.75, 3.05) is 39.6 Å². The van der Waals surface area contributed by atoms with E-state index in [0.717, 1.165) is 102 Å². The summed E-state index contributed by atoms with van der Waals surface area (Å²) in [6.45, 7) is 7.24. The van der Waals surface area contributed by atoms with Gasteiger partial charge < -0.3 is 33.8 Å². The van der Waals surface area contributed by atoms with E-state index in [1.807, 2.05) is 0 Å². The Labute approximate surface area is 575 Å². The molecule has 19 heteroatoms. The van der Waals surface area contributed by atoms with Crippen molar-refractivity contribution in [3.8, 4) is 0 Å². The van der Waals surface area contributed by atoms with Crippen LogP contribution in [0.4, 0.5) is 0 Å². The molecule has 0 amide bonds. The average Bonchev–Trinajstić information content (AvgIpc) is 1.22. The molecule has 0 radical (unpaired) electrons. The van der Waals surface area contributed by atoms with Gasteiger partial charge in [-0.25, -0.2) is 9.13 Å². The first kappa shape index (κ1) is 92.1. The van der Waals surface area contributed by atoms with Crippen LogP contribution in [-0.2, 0) is 65.4 Å². The monoisotopic (exact) mass is 1380 g/mol. The van der Waals surface area contributed by atoms with Crippen LogP contribution >= 0.6 is 15.6 Å². The van der Waals surface area contributed by atoms with Gasteiger partial charge in [0.2, 0.25) is 0 Å². The molecule has 0 aliphatic carbocycles. The molecule has 0 aromatic carbocycles. The van der Waals surface area contributed by atoms with Gasteiger partial charge in [0.15, 0.2) is 12.2 Å². The first-order chi connectivity index (χ1) is 45.5. The highest BCUT2D eigenvalue weighted by molar-refractivity contribution is 7.47. The summed E-state index contributed by atoms with van der Waals surface area (Å²) >= 11 is 0. The van der Waals surface area contributed by atoms with E-state index in [1.54, 1.807) is 0 Å². The summed E-state index contributed by atoms with van der Waals surface area (Å²) in [5.74, 6) is -1.38. The smallest absolute Gasteiger partial charge is 0.462 e. The highest BCUT2D eigenvalue weighted by Gasteiger charge is 2.30. The van der Waals surface area contributed by atoms with Crippen LogP contribution in [0.25, 0.3) is 0 Å². The van der Waals surface area contributed by atoms with Crippen LogP contribution in [0.3, 0.4) is 0 Å². The molecule has 94 heavy (non-hydrogen) atoms. The molecule has 0 rings (SSSR count). The molecule has 3 N–H and O–H groups in total. The lowest BCUT2D eigenvalue weighted by molar-refractivity contribution is -0.161. The number of aliphatic hydroxyl groups is 1. The van der Waals surface area contributed by atoms with Crippen LogP contribution in [0.5, 0.6) is 0 Å². The molecule has 0 aliphatic heterocycles. The average molecular weight is 1380 g/mol. The molecule has 2 unspecified atom stereocenters. The second-order valence-electron chi connectivity index (χ2n) is 27.5. The number of carbonyl (C=O) groups excluding carboxylic acids is 4. The van der Waals surface area contributed by atoms with E-state index in [0.29, 0.717) is 25.7 Å². The van der Waals surface area contributed by atoms with E-state index in [4.69, 9.17) is 37.0 Å². The van der Waals surface area contributed by atoms with Crippen LogP contribution in [0.2, 0.25) is 0 Å². The fourth-order valence-electron chi connectivity index (χ4n) is 11.5. The van der Waals surface area contributed by atoms with Crippen LogP contribution in [0.15, 0.2) is 0 Å². The van der Waals surface area contributed by atoms with Gasteiger partial charge >= 0.3 is 39.5 Å². The lowest BCUT2D eigenvalue weighted by atomic mass is 10.0. The zero-order chi connectivity index (χ0) is 69.1. The van der Waals surface area contributed by atoms with E-state index in [1.165, 1.54) is 212 Å². The number of unbranched alkanes of at least 4 members (excludes halogenated alkanes) is 47. The van der Waals surface area contributed by atoms with Crippen molar-refractivity contribution in [1.82, 2.24) is 0 Å². The van der Waals surface area contributed by atoms with E-state index >= 15 is 0 Å².